The second kappa shape index (κ2) is 28.1. The van der Waals surface area contributed by atoms with Crippen molar-refractivity contribution < 1.29 is 54.4 Å². The number of Topliss-reactive ketones (excluding diaryl/α,β-unsaturated/α-hetero) is 1. The van der Waals surface area contributed by atoms with Gasteiger partial charge in [0.05, 0.1) is 13.2 Å². The SMILES string of the molecule is CCCCCCCCCCCCCCCCCC(=O)C(O)C(O)CO.NC(CO)C(=O)O.O=P(O)(O)O. The summed E-state index contributed by atoms with van der Waals surface area (Å²) in [7, 11) is -4.64. The van der Waals surface area contributed by atoms with E-state index in [0.29, 0.717) is 0 Å². The first kappa shape index (κ1) is 40.5. The lowest BCUT2D eigenvalue weighted by Gasteiger charge is -2.13. The standard InChI is InChI=1S/C21H42O4.C3H7NO3.H3O4P/c1-2-3-4-5-6-7-8-9-10-11-12-13-14-15-16-17-19(23)21(25)20(24)18-22;4-2(1-5)3(6)7;1-5(2,3)4/h20-22,24-25H,2-18H2,1H3;2,5H,1,4H2,(H,6,7);(H3,1,2,3,4). The van der Waals surface area contributed by atoms with Crippen LogP contribution in [0.2, 0.25) is 0 Å². The normalized spacial score (nSPS) is 13.4. The zero-order valence-corrected chi connectivity index (χ0v) is 23.2. The summed E-state index contributed by atoms with van der Waals surface area (Å²) in [5.74, 6) is -1.54. The zero-order valence-electron chi connectivity index (χ0n) is 22.3. The molecule has 0 saturated carbocycles. The number of nitrogens with two attached hydrogens (primary N) is 1. The van der Waals surface area contributed by atoms with Crippen LogP contribution in [0.3, 0.4) is 0 Å². The number of aliphatic carboxylic acids is 1. The van der Waals surface area contributed by atoms with Gasteiger partial charge < -0.3 is 45.9 Å². The molecule has 3 unspecified atom stereocenters. The number of carboxylic acids is 1. The molecule has 0 fully saturated rings. The van der Waals surface area contributed by atoms with E-state index in [1.165, 1.54) is 77.0 Å². The molecule has 0 spiro atoms. The van der Waals surface area contributed by atoms with Gasteiger partial charge >= 0.3 is 13.8 Å². The lowest BCUT2D eigenvalue weighted by atomic mass is 10.0. The topological polar surface area (TPSA) is 239 Å². The molecule has 0 radical (unpaired) electrons. The minimum Gasteiger partial charge on any atom is -0.480 e. The van der Waals surface area contributed by atoms with Gasteiger partial charge in [0.1, 0.15) is 18.2 Å². The fourth-order valence-corrected chi connectivity index (χ4v) is 3.21. The van der Waals surface area contributed by atoms with E-state index >= 15 is 0 Å². The molecule has 0 aromatic carbocycles. The van der Waals surface area contributed by atoms with Crippen LogP contribution in [-0.2, 0) is 14.2 Å². The summed E-state index contributed by atoms with van der Waals surface area (Å²) < 4.78 is 8.88. The molecule has 0 rings (SSSR count). The van der Waals surface area contributed by atoms with Gasteiger partial charge in [0, 0.05) is 6.42 Å². The number of hydrogen-bond donors (Lipinski definition) is 9. The molecular formula is C24H52NO11P. The summed E-state index contributed by atoms with van der Waals surface area (Å²) >= 11 is 0. The minimum atomic E-state index is -4.64. The van der Waals surface area contributed by atoms with Crippen LogP contribution in [0.5, 0.6) is 0 Å². The highest BCUT2D eigenvalue weighted by molar-refractivity contribution is 7.45. The van der Waals surface area contributed by atoms with Gasteiger partial charge in [0.15, 0.2) is 5.78 Å². The van der Waals surface area contributed by atoms with Crippen LogP contribution in [-0.4, -0.2) is 83.4 Å². The summed E-state index contributed by atoms with van der Waals surface area (Å²) in [5.41, 5.74) is 4.77. The van der Waals surface area contributed by atoms with Gasteiger partial charge in [-0.2, -0.15) is 0 Å². The summed E-state index contributed by atoms with van der Waals surface area (Å²) in [6.45, 7) is 1.18. The monoisotopic (exact) mass is 561 g/mol. The molecule has 0 aromatic rings. The van der Waals surface area contributed by atoms with Crippen LogP contribution in [0, 0.1) is 0 Å². The number of carbonyl (C=O) groups is 2. The van der Waals surface area contributed by atoms with Crippen LogP contribution in [0.15, 0.2) is 0 Å². The van der Waals surface area contributed by atoms with E-state index in [-0.39, 0.29) is 12.2 Å². The average molecular weight is 562 g/mol. The zero-order chi connectivity index (χ0) is 29.1. The Bertz CT molecular complexity index is 567. The molecule has 12 nitrogen and oxygen atoms in total. The first-order valence-electron chi connectivity index (χ1n) is 13.2. The third kappa shape index (κ3) is 37.3. The van der Waals surface area contributed by atoms with Gasteiger partial charge in [-0.25, -0.2) is 4.57 Å². The molecule has 0 aliphatic rings. The van der Waals surface area contributed by atoms with E-state index in [0.717, 1.165) is 19.3 Å². The molecule has 3 atom stereocenters. The third-order valence-electron chi connectivity index (χ3n) is 5.42. The first-order valence-corrected chi connectivity index (χ1v) is 14.7. The van der Waals surface area contributed by atoms with Crippen molar-refractivity contribution in [3.63, 3.8) is 0 Å². The van der Waals surface area contributed by atoms with Gasteiger partial charge in [-0.15, -0.1) is 0 Å². The molecule has 0 amide bonds. The van der Waals surface area contributed by atoms with Crippen molar-refractivity contribution in [3.8, 4) is 0 Å². The Morgan fingerprint density at radius 3 is 1.27 bits per heavy atom. The Hall–Kier alpha value is -0.950. The van der Waals surface area contributed by atoms with Gasteiger partial charge in [-0.05, 0) is 6.42 Å². The molecule has 0 aliphatic carbocycles. The molecule has 0 saturated heterocycles. The van der Waals surface area contributed by atoms with E-state index in [1.807, 2.05) is 0 Å². The number of ketones is 1. The maximum Gasteiger partial charge on any atom is 0.466 e. The van der Waals surface area contributed by atoms with Crippen LogP contribution >= 0.6 is 7.82 Å². The summed E-state index contributed by atoms with van der Waals surface area (Å²) in [6, 6.07) is -1.13. The summed E-state index contributed by atoms with van der Waals surface area (Å²) in [5, 5.41) is 43.2. The van der Waals surface area contributed by atoms with E-state index in [9.17, 15) is 19.8 Å². The fraction of sp³-hybridized carbons (Fsp3) is 0.917. The van der Waals surface area contributed by atoms with Crippen LogP contribution in [0.25, 0.3) is 0 Å². The largest absolute Gasteiger partial charge is 0.480 e. The van der Waals surface area contributed by atoms with Crippen molar-refractivity contribution in [3.05, 3.63) is 0 Å². The van der Waals surface area contributed by atoms with E-state index < -0.39 is 45.3 Å². The number of aliphatic hydroxyl groups is 4. The van der Waals surface area contributed by atoms with Crippen molar-refractivity contribution in [2.45, 2.75) is 128 Å². The number of unbranched alkanes of at least 4 members (excludes halogenated alkanes) is 14. The molecule has 13 heteroatoms. The smallest absolute Gasteiger partial charge is 0.466 e. The van der Waals surface area contributed by atoms with E-state index in [4.69, 9.17) is 40.3 Å². The van der Waals surface area contributed by atoms with Crippen LogP contribution in [0.4, 0.5) is 0 Å². The lowest BCUT2D eigenvalue weighted by molar-refractivity contribution is -0.139. The van der Waals surface area contributed by atoms with Crippen molar-refractivity contribution in [1.82, 2.24) is 0 Å². The molecule has 37 heavy (non-hydrogen) atoms. The quantitative estimate of drug-likeness (QED) is 0.0722. The molecule has 0 aliphatic heterocycles. The lowest BCUT2D eigenvalue weighted by Crippen LogP contribution is -2.36. The first-order chi connectivity index (χ1) is 17.3. The number of hydrogen-bond acceptors (Lipinski definition) is 8. The number of carboxylic acid groups (broad SMARTS) is 1. The molecule has 224 valence electrons. The summed E-state index contributed by atoms with van der Waals surface area (Å²) in [4.78, 5) is 42.8. The van der Waals surface area contributed by atoms with E-state index in [1.54, 1.807) is 0 Å². The van der Waals surface area contributed by atoms with Crippen molar-refractivity contribution in [1.29, 1.82) is 0 Å². The number of carbonyl (C=O) groups excluding carboxylic acids is 1. The minimum absolute atomic E-state index is 0.288. The summed E-state index contributed by atoms with van der Waals surface area (Å²) in [6.07, 6.45) is 16.6. The predicted octanol–water partition coefficient (Wildman–Crippen LogP) is 1.99. The van der Waals surface area contributed by atoms with Gasteiger partial charge in [0.25, 0.3) is 0 Å². The maximum atomic E-state index is 11.6. The highest BCUT2D eigenvalue weighted by Crippen LogP contribution is 2.25. The molecule has 0 heterocycles. The Balaban J connectivity index is -0.000000790. The third-order valence-corrected chi connectivity index (χ3v) is 5.42. The second-order valence-electron chi connectivity index (χ2n) is 9.00. The van der Waals surface area contributed by atoms with Gasteiger partial charge in [-0.3, -0.25) is 9.59 Å². The molecule has 0 aromatic heterocycles. The second-order valence-corrected chi connectivity index (χ2v) is 10.0. The number of phosphoric acid groups is 1. The van der Waals surface area contributed by atoms with Gasteiger partial charge in [0.2, 0.25) is 0 Å². The molecule has 0 bridgehead atoms. The Morgan fingerprint density at radius 1 is 0.703 bits per heavy atom. The Labute approximate surface area is 221 Å². The molecular weight excluding hydrogens is 509 g/mol. The number of rotatable bonds is 21. The Morgan fingerprint density at radius 2 is 1.03 bits per heavy atom. The van der Waals surface area contributed by atoms with Crippen molar-refractivity contribution >= 4 is 19.6 Å². The van der Waals surface area contributed by atoms with Gasteiger partial charge in [-0.1, -0.05) is 96.8 Å². The molecule has 10 N–H and O–H groups in total. The van der Waals surface area contributed by atoms with Crippen molar-refractivity contribution in [2.75, 3.05) is 13.2 Å². The fourth-order valence-electron chi connectivity index (χ4n) is 3.21. The highest BCUT2D eigenvalue weighted by atomic mass is 31.2. The number of aliphatic hydroxyl groups excluding tert-OH is 4. The van der Waals surface area contributed by atoms with Crippen LogP contribution < -0.4 is 5.73 Å². The average Bonchev–Trinajstić information content (AvgIpc) is 2.83. The Kier molecular flexibility index (Phi) is 30.8. The maximum absolute atomic E-state index is 11.6. The van der Waals surface area contributed by atoms with Crippen LogP contribution in [0.1, 0.15) is 110 Å². The highest BCUT2D eigenvalue weighted by Gasteiger charge is 2.22. The van der Waals surface area contributed by atoms with E-state index in [2.05, 4.69) is 6.92 Å². The van der Waals surface area contributed by atoms with Crippen molar-refractivity contribution in [2.24, 2.45) is 5.73 Å². The predicted molar refractivity (Wildman–Crippen MR) is 141 cm³/mol.